The summed E-state index contributed by atoms with van der Waals surface area (Å²) in [6, 6.07) is -0.445. The highest BCUT2D eigenvalue weighted by atomic mass is 32.2. The third-order valence-electron chi connectivity index (χ3n) is 3.36. The minimum atomic E-state index is -3.30. The largest absolute Gasteiger partial charge is 0.390 e. The number of aliphatic hydroxyl groups is 1. The Morgan fingerprint density at radius 1 is 1.50 bits per heavy atom. The predicted molar refractivity (Wildman–Crippen MR) is 75.6 cm³/mol. The van der Waals surface area contributed by atoms with E-state index in [4.69, 9.17) is 0 Å². The number of hydrogen-bond acceptors (Lipinski definition) is 5. The van der Waals surface area contributed by atoms with E-state index in [0.717, 1.165) is 25.0 Å². The lowest BCUT2D eigenvalue weighted by molar-refractivity contribution is 0.159. The van der Waals surface area contributed by atoms with Crippen molar-refractivity contribution in [2.75, 3.05) is 19.3 Å². The van der Waals surface area contributed by atoms with Gasteiger partial charge in [0.2, 0.25) is 10.0 Å². The lowest BCUT2D eigenvalue weighted by Crippen LogP contribution is -2.42. The number of sulfonamides is 1. The molecule has 114 valence electrons. The van der Waals surface area contributed by atoms with Gasteiger partial charge < -0.3 is 9.67 Å². The monoisotopic (exact) mass is 302 g/mol. The molecule has 1 fully saturated rings. The van der Waals surface area contributed by atoms with Crippen molar-refractivity contribution in [3.63, 3.8) is 0 Å². The van der Waals surface area contributed by atoms with Gasteiger partial charge in [-0.05, 0) is 6.42 Å². The van der Waals surface area contributed by atoms with Crippen molar-refractivity contribution in [2.24, 2.45) is 0 Å². The molecule has 0 saturated carbocycles. The van der Waals surface area contributed by atoms with Crippen molar-refractivity contribution in [1.29, 1.82) is 0 Å². The van der Waals surface area contributed by atoms with E-state index in [-0.39, 0.29) is 0 Å². The lowest BCUT2D eigenvalue weighted by atomic mass is 10.2. The minimum absolute atomic E-state index is 0.445. The average molecular weight is 302 g/mol. The molecule has 0 bridgehead atoms. The molecule has 1 saturated heterocycles. The lowest BCUT2D eigenvalue weighted by Gasteiger charge is -2.16. The summed E-state index contributed by atoms with van der Waals surface area (Å²) in [6.45, 7) is 4.58. The van der Waals surface area contributed by atoms with Crippen molar-refractivity contribution in [2.45, 2.75) is 38.6 Å². The van der Waals surface area contributed by atoms with E-state index in [2.05, 4.69) is 21.2 Å². The van der Waals surface area contributed by atoms with Gasteiger partial charge in [-0.1, -0.05) is 6.92 Å². The van der Waals surface area contributed by atoms with E-state index in [1.165, 1.54) is 0 Å². The van der Waals surface area contributed by atoms with Crippen LogP contribution in [-0.4, -0.2) is 59.5 Å². The number of imidazole rings is 1. The Bertz CT molecular complexity index is 543. The molecule has 2 rings (SSSR count). The second-order valence-corrected chi connectivity index (χ2v) is 7.07. The van der Waals surface area contributed by atoms with Crippen LogP contribution in [0.1, 0.15) is 19.2 Å². The van der Waals surface area contributed by atoms with Crippen LogP contribution in [0.25, 0.3) is 0 Å². The smallest absolute Gasteiger partial charge is 0.209 e. The summed E-state index contributed by atoms with van der Waals surface area (Å²) in [5.74, 6) is 0.944. The third-order valence-corrected chi connectivity index (χ3v) is 4.09. The maximum absolute atomic E-state index is 11.2. The Morgan fingerprint density at radius 3 is 2.90 bits per heavy atom. The number of rotatable bonds is 6. The molecule has 2 atom stereocenters. The van der Waals surface area contributed by atoms with Crippen LogP contribution in [0.15, 0.2) is 12.4 Å². The van der Waals surface area contributed by atoms with E-state index in [0.29, 0.717) is 19.6 Å². The first-order valence-electron chi connectivity index (χ1n) is 6.76. The van der Waals surface area contributed by atoms with E-state index in [1.807, 2.05) is 11.1 Å². The van der Waals surface area contributed by atoms with Crippen LogP contribution in [0, 0.1) is 0 Å². The van der Waals surface area contributed by atoms with E-state index < -0.39 is 22.2 Å². The van der Waals surface area contributed by atoms with Gasteiger partial charge in [0, 0.05) is 32.0 Å². The summed E-state index contributed by atoms with van der Waals surface area (Å²) >= 11 is 0. The van der Waals surface area contributed by atoms with Crippen molar-refractivity contribution in [3.05, 3.63) is 18.2 Å². The molecule has 20 heavy (non-hydrogen) atoms. The first kappa shape index (κ1) is 15.4. The number of β-amino-alcohol motifs (C(OH)–C–C–N with tert-alkyl or cyclic N) is 1. The Kier molecular flexibility index (Phi) is 4.79. The quantitative estimate of drug-likeness (QED) is 0.732. The summed E-state index contributed by atoms with van der Waals surface area (Å²) in [6.07, 6.45) is 5.17. The summed E-state index contributed by atoms with van der Waals surface area (Å²) in [7, 11) is -3.30. The van der Waals surface area contributed by atoms with Crippen LogP contribution >= 0.6 is 0 Å². The Balaban J connectivity index is 1.96. The van der Waals surface area contributed by atoms with Gasteiger partial charge in [0.1, 0.15) is 5.82 Å². The zero-order valence-electron chi connectivity index (χ0n) is 11.9. The zero-order chi connectivity index (χ0) is 14.8. The van der Waals surface area contributed by atoms with Crippen LogP contribution < -0.4 is 4.72 Å². The molecular formula is C12H22N4O3S. The Hall–Kier alpha value is -0.960. The summed E-state index contributed by atoms with van der Waals surface area (Å²) in [5, 5.41) is 9.93. The number of hydrogen-bond donors (Lipinski definition) is 2. The fourth-order valence-corrected chi connectivity index (χ4v) is 3.30. The molecule has 2 N–H and O–H groups in total. The summed E-state index contributed by atoms with van der Waals surface area (Å²) in [4.78, 5) is 6.34. The molecule has 0 spiro atoms. The number of aliphatic hydroxyl groups excluding tert-OH is 1. The second kappa shape index (κ2) is 6.21. The first-order chi connectivity index (χ1) is 9.39. The van der Waals surface area contributed by atoms with Crippen LogP contribution in [0.5, 0.6) is 0 Å². The second-order valence-electron chi connectivity index (χ2n) is 5.29. The van der Waals surface area contributed by atoms with E-state index in [1.54, 1.807) is 6.20 Å². The summed E-state index contributed by atoms with van der Waals surface area (Å²) < 4.78 is 27.0. The maximum atomic E-state index is 11.2. The van der Waals surface area contributed by atoms with Crippen molar-refractivity contribution < 1.29 is 13.5 Å². The standard InChI is InChI=1S/C12H22N4O3S/c1-3-5-16-6-4-13-12(16)9-15-7-10(11(17)8-15)14-20(2,18)19/h4,6,10-11,14,17H,3,5,7-9H2,1-2H3/t10-,11-/m1/s1. The van der Waals surface area contributed by atoms with E-state index >= 15 is 0 Å². The van der Waals surface area contributed by atoms with Gasteiger partial charge >= 0.3 is 0 Å². The van der Waals surface area contributed by atoms with Gasteiger partial charge in [0.15, 0.2) is 0 Å². The average Bonchev–Trinajstić information content (AvgIpc) is 2.87. The topological polar surface area (TPSA) is 87.5 Å². The maximum Gasteiger partial charge on any atom is 0.209 e. The summed E-state index contributed by atoms with van der Waals surface area (Å²) in [5.41, 5.74) is 0. The van der Waals surface area contributed by atoms with Crippen LogP contribution in [0.3, 0.4) is 0 Å². The molecule has 1 aromatic rings. The molecule has 7 nitrogen and oxygen atoms in total. The van der Waals surface area contributed by atoms with Crippen molar-refractivity contribution in [3.8, 4) is 0 Å². The fourth-order valence-electron chi connectivity index (χ4n) is 2.52. The van der Waals surface area contributed by atoms with Gasteiger partial charge in [-0.2, -0.15) is 0 Å². The predicted octanol–water partition coefficient (Wildman–Crippen LogP) is -0.613. The molecule has 0 aliphatic carbocycles. The number of aryl methyl sites for hydroxylation is 1. The van der Waals surface area contributed by atoms with Gasteiger partial charge in [-0.15, -0.1) is 0 Å². The first-order valence-corrected chi connectivity index (χ1v) is 8.66. The molecule has 0 aromatic carbocycles. The van der Waals surface area contributed by atoms with Gasteiger partial charge in [-0.3, -0.25) is 4.90 Å². The molecule has 8 heteroatoms. The Morgan fingerprint density at radius 2 is 2.25 bits per heavy atom. The molecule has 1 aromatic heterocycles. The van der Waals surface area contributed by atoms with Gasteiger partial charge in [-0.25, -0.2) is 18.1 Å². The zero-order valence-corrected chi connectivity index (χ0v) is 12.7. The third kappa shape index (κ3) is 4.02. The Labute approximate surface area is 119 Å². The van der Waals surface area contributed by atoms with Crippen LogP contribution in [0.4, 0.5) is 0 Å². The highest BCUT2D eigenvalue weighted by Crippen LogP contribution is 2.14. The highest BCUT2D eigenvalue weighted by Gasteiger charge is 2.33. The molecular weight excluding hydrogens is 280 g/mol. The molecule has 0 radical (unpaired) electrons. The SMILES string of the molecule is CCCn1ccnc1CN1C[C@@H](O)[C@H](NS(C)(=O)=O)C1. The number of nitrogens with zero attached hydrogens (tertiary/aromatic N) is 3. The molecule has 1 aliphatic rings. The molecule has 0 unspecified atom stereocenters. The molecule has 0 amide bonds. The normalized spacial score (nSPS) is 24.4. The number of likely N-dealkylation sites (tertiary alicyclic amines) is 1. The van der Waals surface area contributed by atoms with Crippen LogP contribution in [0.2, 0.25) is 0 Å². The highest BCUT2D eigenvalue weighted by molar-refractivity contribution is 7.88. The molecule has 2 heterocycles. The number of nitrogens with one attached hydrogen (secondary N) is 1. The van der Waals surface area contributed by atoms with Crippen LogP contribution in [-0.2, 0) is 23.1 Å². The fraction of sp³-hybridized carbons (Fsp3) is 0.750. The van der Waals surface area contributed by atoms with Gasteiger partial charge in [0.05, 0.1) is 24.9 Å². The van der Waals surface area contributed by atoms with Gasteiger partial charge in [0.25, 0.3) is 0 Å². The van der Waals surface area contributed by atoms with E-state index in [9.17, 15) is 13.5 Å². The van der Waals surface area contributed by atoms with Crippen molar-refractivity contribution in [1.82, 2.24) is 19.2 Å². The minimum Gasteiger partial charge on any atom is -0.390 e. The van der Waals surface area contributed by atoms with Crippen molar-refractivity contribution >= 4 is 10.0 Å². The molecule has 1 aliphatic heterocycles. The number of aromatic nitrogens is 2.